The van der Waals surface area contributed by atoms with Crippen molar-refractivity contribution >= 4 is 29.9 Å². The number of aliphatic imine (C=N–C) groups is 1. The van der Waals surface area contributed by atoms with E-state index >= 15 is 0 Å². The van der Waals surface area contributed by atoms with Crippen molar-refractivity contribution in [2.24, 2.45) is 10.9 Å². The summed E-state index contributed by atoms with van der Waals surface area (Å²) in [6.07, 6.45) is 0. The van der Waals surface area contributed by atoms with Crippen molar-refractivity contribution < 1.29 is 14.2 Å². The molecule has 1 saturated heterocycles. The third kappa shape index (κ3) is 9.93. The number of ether oxygens (including phenoxy) is 3. The summed E-state index contributed by atoms with van der Waals surface area (Å²) in [5.74, 6) is 2.25. The second kappa shape index (κ2) is 15.7. The van der Waals surface area contributed by atoms with Crippen LogP contribution in [0.2, 0.25) is 0 Å². The Morgan fingerprint density at radius 3 is 2.58 bits per heavy atom. The summed E-state index contributed by atoms with van der Waals surface area (Å²) in [5, 5.41) is 6.93. The topological polar surface area (TPSA) is 67.4 Å². The van der Waals surface area contributed by atoms with Crippen LogP contribution in [-0.2, 0) is 16.0 Å². The first-order chi connectivity index (χ1) is 14.5. The average Bonchev–Trinajstić information content (AvgIpc) is 2.75. The van der Waals surface area contributed by atoms with Crippen LogP contribution in [0.1, 0.15) is 31.9 Å². The molecule has 0 aliphatic carbocycles. The van der Waals surface area contributed by atoms with Crippen molar-refractivity contribution in [3.63, 3.8) is 0 Å². The minimum atomic E-state index is 0. The van der Waals surface area contributed by atoms with Crippen LogP contribution in [-0.4, -0.2) is 76.6 Å². The van der Waals surface area contributed by atoms with Gasteiger partial charge in [-0.15, -0.1) is 24.0 Å². The minimum Gasteiger partial charge on any atom is -0.491 e. The fourth-order valence-corrected chi connectivity index (χ4v) is 3.59. The van der Waals surface area contributed by atoms with E-state index in [1.54, 1.807) is 0 Å². The van der Waals surface area contributed by atoms with Gasteiger partial charge in [-0.2, -0.15) is 0 Å². The SMILES string of the molecule is CCOCCOc1cc(C)ccc1CNC(=NC)NCC(C(C)C)N1CCOCC1.I. The van der Waals surface area contributed by atoms with Crippen LogP contribution in [0.3, 0.4) is 0 Å². The van der Waals surface area contributed by atoms with Gasteiger partial charge in [0.25, 0.3) is 0 Å². The molecule has 0 saturated carbocycles. The Balaban J connectivity index is 0.00000480. The molecule has 1 aromatic carbocycles. The molecule has 0 amide bonds. The first kappa shape index (κ1) is 27.9. The number of morpholine rings is 1. The highest BCUT2D eigenvalue weighted by Crippen LogP contribution is 2.20. The maximum atomic E-state index is 5.95. The van der Waals surface area contributed by atoms with E-state index in [1.807, 2.05) is 14.0 Å². The summed E-state index contributed by atoms with van der Waals surface area (Å²) in [6.45, 7) is 15.6. The van der Waals surface area contributed by atoms with Crippen LogP contribution in [0.5, 0.6) is 5.75 Å². The molecule has 178 valence electrons. The second-order valence-electron chi connectivity index (χ2n) is 7.92. The normalized spacial score (nSPS) is 16.0. The largest absolute Gasteiger partial charge is 0.491 e. The lowest BCUT2D eigenvalue weighted by molar-refractivity contribution is 0.00752. The maximum absolute atomic E-state index is 5.95. The number of rotatable bonds is 11. The monoisotopic (exact) mass is 548 g/mol. The van der Waals surface area contributed by atoms with Gasteiger partial charge in [-0.25, -0.2) is 0 Å². The number of hydrogen-bond donors (Lipinski definition) is 2. The van der Waals surface area contributed by atoms with Gasteiger partial charge in [0.15, 0.2) is 5.96 Å². The van der Waals surface area contributed by atoms with E-state index in [1.165, 1.54) is 5.56 Å². The predicted octanol–water partition coefficient (Wildman–Crippen LogP) is 3.05. The van der Waals surface area contributed by atoms with Gasteiger partial charge in [0.05, 0.1) is 19.8 Å². The number of nitrogens with zero attached hydrogens (tertiary/aromatic N) is 2. The molecule has 0 radical (unpaired) electrons. The number of benzene rings is 1. The molecule has 7 nitrogen and oxygen atoms in total. The minimum absolute atomic E-state index is 0. The molecule has 1 fully saturated rings. The number of nitrogens with one attached hydrogen (secondary N) is 2. The standard InChI is InChI=1S/C23H40N4O3.HI/c1-6-28-13-14-30-22-15-19(4)7-8-20(22)16-25-23(24-5)26-17-21(18(2)3)27-9-11-29-12-10-27;/h7-8,15,18,21H,6,9-14,16-17H2,1-5H3,(H2,24,25,26);1H. The molecule has 0 bridgehead atoms. The highest BCUT2D eigenvalue weighted by atomic mass is 127. The van der Waals surface area contributed by atoms with Gasteiger partial charge in [-0.05, 0) is 31.4 Å². The fraction of sp³-hybridized carbons (Fsp3) is 0.696. The molecule has 2 N–H and O–H groups in total. The first-order valence-electron chi connectivity index (χ1n) is 11.1. The van der Waals surface area contributed by atoms with Crippen LogP contribution in [0.15, 0.2) is 23.2 Å². The van der Waals surface area contributed by atoms with Crippen molar-refractivity contribution in [1.29, 1.82) is 0 Å². The Morgan fingerprint density at radius 1 is 1.19 bits per heavy atom. The van der Waals surface area contributed by atoms with Crippen molar-refractivity contribution in [3.8, 4) is 5.75 Å². The van der Waals surface area contributed by atoms with Gasteiger partial charge in [0, 0.05) is 51.4 Å². The van der Waals surface area contributed by atoms with Crippen molar-refractivity contribution in [1.82, 2.24) is 15.5 Å². The molecule has 1 atom stereocenters. The molecule has 1 aliphatic rings. The highest BCUT2D eigenvalue weighted by Gasteiger charge is 2.23. The molecule has 31 heavy (non-hydrogen) atoms. The molecule has 0 aromatic heterocycles. The molecule has 2 rings (SSSR count). The van der Waals surface area contributed by atoms with Crippen LogP contribution in [0.25, 0.3) is 0 Å². The van der Waals surface area contributed by atoms with Gasteiger partial charge >= 0.3 is 0 Å². The van der Waals surface area contributed by atoms with E-state index < -0.39 is 0 Å². The molecular weight excluding hydrogens is 507 g/mol. The van der Waals surface area contributed by atoms with E-state index in [2.05, 4.69) is 59.5 Å². The van der Waals surface area contributed by atoms with Gasteiger partial charge < -0.3 is 24.8 Å². The lowest BCUT2D eigenvalue weighted by atomic mass is 10.0. The van der Waals surface area contributed by atoms with Gasteiger partial charge in [-0.1, -0.05) is 26.0 Å². The van der Waals surface area contributed by atoms with E-state index in [0.717, 1.165) is 50.1 Å². The van der Waals surface area contributed by atoms with E-state index in [9.17, 15) is 0 Å². The first-order valence-corrected chi connectivity index (χ1v) is 11.1. The van der Waals surface area contributed by atoms with Crippen LogP contribution in [0, 0.1) is 12.8 Å². The molecule has 1 aliphatic heterocycles. The zero-order valence-electron chi connectivity index (χ0n) is 19.8. The smallest absolute Gasteiger partial charge is 0.191 e. The number of guanidine groups is 1. The van der Waals surface area contributed by atoms with Crippen molar-refractivity contribution in [2.75, 3.05) is 59.7 Å². The zero-order chi connectivity index (χ0) is 21.8. The average molecular weight is 549 g/mol. The summed E-state index contributed by atoms with van der Waals surface area (Å²) < 4.78 is 16.8. The van der Waals surface area contributed by atoms with Crippen molar-refractivity contribution in [3.05, 3.63) is 29.3 Å². The number of hydrogen-bond acceptors (Lipinski definition) is 5. The fourth-order valence-electron chi connectivity index (χ4n) is 3.59. The van der Waals surface area contributed by atoms with Crippen LogP contribution >= 0.6 is 24.0 Å². The molecule has 8 heteroatoms. The Labute approximate surface area is 205 Å². The molecule has 1 unspecified atom stereocenters. The quantitative estimate of drug-likeness (QED) is 0.192. The third-order valence-electron chi connectivity index (χ3n) is 5.34. The lowest BCUT2D eigenvalue weighted by Crippen LogP contribution is -2.52. The van der Waals surface area contributed by atoms with E-state index in [4.69, 9.17) is 14.2 Å². The molecular formula is C23H41IN4O3. The summed E-state index contributed by atoms with van der Waals surface area (Å²) in [4.78, 5) is 6.92. The molecule has 0 spiro atoms. The zero-order valence-corrected chi connectivity index (χ0v) is 22.1. The third-order valence-corrected chi connectivity index (χ3v) is 5.34. The molecule has 1 aromatic rings. The van der Waals surface area contributed by atoms with Gasteiger partial charge in [0.2, 0.25) is 0 Å². The van der Waals surface area contributed by atoms with Gasteiger partial charge in [-0.3, -0.25) is 9.89 Å². The summed E-state index contributed by atoms with van der Waals surface area (Å²) >= 11 is 0. The Hall–Kier alpha value is -1.10. The van der Waals surface area contributed by atoms with Crippen LogP contribution in [0.4, 0.5) is 0 Å². The number of aryl methyl sites for hydroxylation is 1. The highest BCUT2D eigenvalue weighted by molar-refractivity contribution is 14.0. The van der Waals surface area contributed by atoms with Crippen LogP contribution < -0.4 is 15.4 Å². The Morgan fingerprint density at radius 2 is 1.94 bits per heavy atom. The molecule has 1 heterocycles. The summed E-state index contributed by atoms with van der Waals surface area (Å²) in [5.41, 5.74) is 2.28. The van der Waals surface area contributed by atoms with E-state index in [-0.39, 0.29) is 24.0 Å². The van der Waals surface area contributed by atoms with Gasteiger partial charge in [0.1, 0.15) is 12.4 Å². The summed E-state index contributed by atoms with van der Waals surface area (Å²) in [6, 6.07) is 6.74. The Bertz CT molecular complexity index is 652. The van der Waals surface area contributed by atoms with Crippen molar-refractivity contribution in [2.45, 2.75) is 40.3 Å². The predicted molar refractivity (Wildman–Crippen MR) is 138 cm³/mol. The Kier molecular flexibility index (Phi) is 14.1. The maximum Gasteiger partial charge on any atom is 0.191 e. The lowest BCUT2D eigenvalue weighted by Gasteiger charge is -2.37. The number of halogens is 1. The summed E-state index contributed by atoms with van der Waals surface area (Å²) in [7, 11) is 1.81. The second-order valence-corrected chi connectivity index (χ2v) is 7.92. The van der Waals surface area contributed by atoms with E-state index in [0.29, 0.717) is 38.3 Å².